The highest BCUT2D eigenvalue weighted by atomic mass is 16.4. The molecule has 4 heteroatoms. The molecule has 0 atom stereocenters. The van der Waals surface area contributed by atoms with Crippen LogP contribution in [0.15, 0.2) is 30.3 Å². The van der Waals surface area contributed by atoms with Crippen molar-refractivity contribution in [3.8, 4) is 0 Å². The van der Waals surface area contributed by atoms with Gasteiger partial charge in [-0.15, -0.1) is 0 Å². The number of amides is 1. The molecule has 1 aliphatic carbocycles. The second-order valence-corrected chi connectivity index (χ2v) is 4.04. The van der Waals surface area contributed by atoms with E-state index in [1.54, 1.807) is 24.3 Å². The standard InChI is InChI=1S/C13H13NO3/c15-12(16)8-3-9-1-4-10(5-2-9)13(17)14-11-6-7-11/h1-5,8,11H,6-7H2,(H,14,17)(H,15,16)/b8-3+. The van der Waals surface area contributed by atoms with Crippen molar-refractivity contribution in [1.82, 2.24) is 5.32 Å². The second kappa shape index (κ2) is 4.82. The van der Waals surface area contributed by atoms with Gasteiger partial charge in [0.1, 0.15) is 0 Å². The molecule has 0 bridgehead atoms. The molecule has 0 heterocycles. The third-order valence-corrected chi connectivity index (χ3v) is 2.50. The lowest BCUT2D eigenvalue weighted by molar-refractivity contribution is -0.131. The van der Waals surface area contributed by atoms with Gasteiger partial charge in [-0.25, -0.2) is 4.79 Å². The van der Waals surface area contributed by atoms with Gasteiger partial charge >= 0.3 is 5.97 Å². The van der Waals surface area contributed by atoms with E-state index in [4.69, 9.17) is 5.11 Å². The van der Waals surface area contributed by atoms with Crippen molar-refractivity contribution in [2.24, 2.45) is 0 Å². The van der Waals surface area contributed by atoms with Crippen LogP contribution in [0.5, 0.6) is 0 Å². The van der Waals surface area contributed by atoms with Crippen LogP contribution in [0, 0.1) is 0 Å². The molecule has 1 aromatic rings. The molecule has 1 fully saturated rings. The molecule has 1 amide bonds. The molecule has 2 rings (SSSR count). The summed E-state index contributed by atoms with van der Waals surface area (Å²) in [6.45, 7) is 0. The van der Waals surface area contributed by atoms with E-state index in [0.29, 0.717) is 11.6 Å². The molecular formula is C13H13NO3. The first-order valence-electron chi connectivity index (χ1n) is 5.47. The van der Waals surface area contributed by atoms with Crippen LogP contribution in [0.4, 0.5) is 0 Å². The number of carbonyl (C=O) groups is 2. The Bertz CT molecular complexity index is 458. The first-order valence-corrected chi connectivity index (χ1v) is 5.47. The number of rotatable bonds is 4. The van der Waals surface area contributed by atoms with Crippen molar-refractivity contribution in [2.45, 2.75) is 18.9 Å². The van der Waals surface area contributed by atoms with Gasteiger partial charge in [-0.2, -0.15) is 0 Å². The van der Waals surface area contributed by atoms with Gasteiger partial charge < -0.3 is 10.4 Å². The second-order valence-electron chi connectivity index (χ2n) is 4.04. The van der Waals surface area contributed by atoms with E-state index in [2.05, 4.69) is 5.32 Å². The summed E-state index contributed by atoms with van der Waals surface area (Å²) >= 11 is 0. The minimum atomic E-state index is -0.986. The number of carbonyl (C=O) groups excluding carboxylic acids is 1. The lowest BCUT2D eigenvalue weighted by atomic mass is 10.1. The van der Waals surface area contributed by atoms with E-state index in [9.17, 15) is 9.59 Å². The molecule has 1 aliphatic rings. The summed E-state index contributed by atoms with van der Waals surface area (Å²) in [5.74, 6) is -1.05. The fourth-order valence-electron chi connectivity index (χ4n) is 1.41. The third kappa shape index (κ3) is 3.45. The summed E-state index contributed by atoms with van der Waals surface area (Å²) in [6, 6.07) is 7.18. The number of aliphatic carboxylic acids is 1. The summed E-state index contributed by atoms with van der Waals surface area (Å²) in [6.07, 6.45) is 4.68. The van der Waals surface area contributed by atoms with Gasteiger partial charge in [0.25, 0.3) is 5.91 Å². The van der Waals surface area contributed by atoms with E-state index in [-0.39, 0.29) is 5.91 Å². The minimum Gasteiger partial charge on any atom is -0.478 e. The summed E-state index contributed by atoms with van der Waals surface area (Å²) in [4.78, 5) is 22.0. The molecule has 0 aromatic heterocycles. The third-order valence-electron chi connectivity index (χ3n) is 2.50. The molecule has 1 aromatic carbocycles. The fourth-order valence-corrected chi connectivity index (χ4v) is 1.41. The van der Waals surface area contributed by atoms with Crippen molar-refractivity contribution in [1.29, 1.82) is 0 Å². The maximum atomic E-state index is 11.6. The molecular weight excluding hydrogens is 218 g/mol. The zero-order valence-electron chi connectivity index (χ0n) is 9.22. The number of benzene rings is 1. The van der Waals surface area contributed by atoms with Crippen LogP contribution in [0.1, 0.15) is 28.8 Å². The normalized spacial score (nSPS) is 14.8. The van der Waals surface area contributed by atoms with Crippen LogP contribution >= 0.6 is 0 Å². The zero-order chi connectivity index (χ0) is 12.3. The van der Waals surface area contributed by atoms with E-state index >= 15 is 0 Å². The molecule has 0 saturated heterocycles. The number of nitrogens with one attached hydrogen (secondary N) is 1. The molecule has 4 nitrogen and oxygen atoms in total. The van der Waals surface area contributed by atoms with Crippen LogP contribution in [0.2, 0.25) is 0 Å². The first kappa shape index (κ1) is 11.4. The SMILES string of the molecule is O=C(O)/C=C/c1ccc(C(=O)NC2CC2)cc1. The van der Waals surface area contributed by atoms with Gasteiger partial charge in [-0.05, 0) is 36.6 Å². The Morgan fingerprint density at radius 2 is 1.88 bits per heavy atom. The fraction of sp³-hybridized carbons (Fsp3) is 0.231. The van der Waals surface area contributed by atoms with Crippen LogP contribution < -0.4 is 5.32 Å². The Kier molecular flexibility index (Phi) is 3.23. The molecule has 0 unspecified atom stereocenters. The molecule has 0 spiro atoms. The number of carboxylic acids is 1. The molecule has 88 valence electrons. The lowest BCUT2D eigenvalue weighted by Crippen LogP contribution is -2.25. The van der Waals surface area contributed by atoms with Gasteiger partial charge in [0.15, 0.2) is 0 Å². The largest absolute Gasteiger partial charge is 0.478 e. The lowest BCUT2D eigenvalue weighted by Gasteiger charge is -2.03. The molecule has 0 aliphatic heterocycles. The van der Waals surface area contributed by atoms with E-state index in [0.717, 1.165) is 24.5 Å². The Labute approximate surface area is 99.0 Å². The van der Waals surface area contributed by atoms with Crippen molar-refractivity contribution in [3.05, 3.63) is 41.5 Å². The Morgan fingerprint density at radius 3 is 2.41 bits per heavy atom. The van der Waals surface area contributed by atoms with Gasteiger partial charge in [-0.3, -0.25) is 4.79 Å². The smallest absolute Gasteiger partial charge is 0.328 e. The van der Waals surface area contributed by atoms with Crippen LogP contribution in [0.25, 0.3) is 6.08 Å². The summed E-state index contributed by atoms with van der Waals surface area (Å²) < 4.78 is 0. The average molecular weight is 231 g/mol. The Morgan fingerprint density at radius 1 is 1.24 bits per heavy atom. The first-order chi connectivity index (χ1) is 8.15. The van der Waals surface area contributed by atoms with Crippen LogP contribution in [-0.2, 0) is 4.79 Å². The van der Waals surface area contributed by atoms with Crippen LogP contribution in [0.3, 0.4) is 0 Å². The van der Waals surface area contributed by atoms with E-state index in [1.807, 2.05) is 0 Å². The summed E-state index contributed by atoms with van der Waals surface area (Å²) in [5, 5.41) is 11.4. The highest BCUT2D eigenvalue weighted by Crippen LogP contribution is 2.19. The monoisotopic (exact) mass is 231 g/mol. The number of hydrogen-bond acceptors (Lipinski definition) is 2. The minimum absolute atomic E-state index is 0.0683. The zero-order valence-corrected chi connectivity index (χ0v) is 9.22. The maximum Gasteiger partial charge on any atom is 0.328 e. The van der Waals surface area contributed by atoms with Crippen molar-refractivity contribution in [3.63, 3.8) is 0 Å². The summed E-state index contributed by atoms with van der Waals surface area (Å²) in [7, 11) is 0. The van der Waals surface area contributed by atoms with E-state index < -0.39 is 5.97 Å². The molecule has 2 N–H and O–H groups in total. The van der Waals surface area contributed by atoms with Gasteiger partial charge in [0.2, 0.25) is 0 Å². The highest BCUT2D eigenvalue weighted by molar-refractivity contribution is 5.94. The van der Waals surface area contributed by atoms with Gasteiger partial charge in [-0.1, -0.05) is 12.1 Å². The topological polar surface area (TPSA) is 66.4 Å². The average Bonchev–Trinajstić information content (AvgIpc) is 3.11. The molecule has 0 radical (unpaired) electrons. The van der Waals surface area contributed by atoms with Gasteiger partial charge in [0.05, 0.1) is 0 Å². The quantitative estimate of drug-likeness (QED) is 0.775. The highest BCUT2D eigenvalue weighted by Gasteiger charge is 2.23. The molecule has 17 heavy (non-hydrogen) atoms. The van der Waals surface area contributed by atoms with E-state index in [1.165, 1.54) is 6.08 Å². The Balaban J connectivity index is 2.01. The Hall–Kier alpha value is -2.10. The van der Waals surface area contributed by atoms with Crippen molar-refractivity contribution < 1.29 is 14.7 Å². The maximum absolute atomic E-state index is 11.6. The van der Waals surface area contributed by atoms with Gasteiger partial charge in [0, 0.05) is 17.7 Å². The molecule has 1 saturated carbocycles. The predicted octanol–water partition coefficient (Wildman–Crippen LogP) is 1.68. The predicted molar refractivity (Wildman–Crippen MR) is 63.6 cm³/mol. The number of carboxylic acid groups (broad SMARTS) is 1. The number of hydrogen-bond donors (Lipinski definition) is 2. The summed E-state index contributed by atoms with van der Waals surface area (Å²) in [5.41, 5.74) is 1.36. The van der Waals surface area contributed by atoms with Crippen molar-refractivity contribution >= 4 is 18.0 Å². The van der Waals surface area contributed by atoms with Crippen molar-refractivity contribution in [2.75, 3.05) is 0 Å². The van der Waals surface area contributed by atoms with Crippen LogP contribution in [-0.4, -0.2) is 23.0 Å².